The van der Waals surface area contributed by atoms with Crippen LogP contribution >= 0.6 is 7.82 Å². The number of hydrogen-bond acceptors (Lipinski definition) is 5. The van der Waals surface area contributed by atoms with E-state index in [2.05, 4.69) is 11.6 Å². The second kappa shape index (κ2) is 20.7. The number of unbranched alkanes of at least 4 members (excludes halogenated alkanes) is 13. The normalized spacial score (nSPS) is 12.9. The molecule has 0 amide bonds. The fourth-order valence-corrected chi connectivity index (χ4v) is 3.70. The van der Waals surface area contributed by atoms with Gasteiger partial charge >= 0.3 is 59.2 Å². The van der Waals surface area contributed by atoms with E-state index in [9.17, 15) is 9.46 Å². The molecule has 1 aromatic carbocycles. The van der Waals surface area contributed by atoms with Crippen LogP contribution in [0.25, 0.3) is 0 Å². The van der Waals surface area contributed by atoms with E-state index in [-0.39, 0.29) is 63.7 Å². The van der Waals surface area contributed by atoms with Crippen molar-refractivity contribution in [1.29, 1.82) is 0 Å². The monoisotopic (exact) mass is 452 g/mol. The largest absolute Gasteiger partial charge is 1.00 e. The third kappa shape index (κ3) is 19.2. The summed E-state index contributed by atoms with van der Waals surface area (Å²) in [5.74, 6) is 0.209. The van der Waals surface area contributed by atoms with Gasteiger partial charge in [0.2, 0.25) is 0 Å². The van der Waals surface area contributed by atoms with Gasteiger partial charge in [0.1, 0.15) is 5.75 Å². The van der Waals surface area contributed by atoms with Crippen molar-refractivity contribution in [2.24, 2.45) is 0 Å². The second-order valence-electron chi connectivity index (χ2n) is 7.34. The Morgan fingerprint density at radius 2 is 1.21 bits per heavy atom. The van der Waals surface area contributed by atoms with Crippen LogP contribution in [-0.2, 0) is 14.1 Å². The Labute approximate surface area is 220 Å². The Hall–Kier alpha value is 0.766. The molecule has 1 atom stereocenters. The molecule has 1 unspecified atom stereocenters. The maximum atomic E-state index is 11.6. The summed E-state index contributed by atoms with van der Waals surface area (Å²) in [4.78, 5) is 16.4. The molecule has 0 saturated heterocycles. The van der Waals surface area contributed by atoms with Crippen molar-refractivity contribution < 1.29 is 74.9 Å². The van der Waals surface area contributed by atoms with Gasteiger partial charge < -0.3 is 9.42 Å². The van der Waals surface area contributed by atoms with Gasteiger partial charge in [-0.2, -0.15) is 4.67 Å². The van der Waals surface area contributed by atoms with E-state index in [1.807, 2.05) is 0 Å². The third-order valence-corrected chi connectivity index (χ3v) is 5.41. The van der Waals surface area contributed by atoms with E-state index in [1.54, 1.807) is 30.3 Å². The second-order valence-corrected chi connectivity index (χ2v) is 8.57. The Morgan fingerprint density at radius 3 is 1.69 bits per heavy atom. The molecule has 0 radical (unpaired) electrons. The molecule has 29 heavy (non-hydrogen) atoms. The van der Waals surface area contributed by atoms with Crippen LogP contribution in [0.15, 0.2) is 30.3 Å². The standard InChI is InChI=1S/C22H39O5P.K/c1-2-3-4-5-6-7-8-9-10-11-12-13-14-18-21-25-27-28(23,24)26-22-19-16-15-17-20-22;/h15-17,19-20H,2-14,18,21H2,1H3,(H,23,24);/q;+1/p-1. The summed E-state index contributed by atoms with van der Waals surface area (Å²) in [6, 6.07) is 8.23. The van der Waals surface area contributed by atoms with E-state index >= 15 is 0 Å². The van der Waals surface area contributed by atoms with Gasteiger partial charge in [-0.05, 0) is 18.6 Å². The first-order valence-corrected chi connectivity index (χ1v) is 12.5. The van der Waals surface area contributed by atoms with Crippen LogP contribution in [0.5, 0.6) is 5.75 Å². The molecule has 162 valence electrons. The molecular weight excluding hydrogens is 414 g/mol. The summed E-state index contributed by atoms with van der Waals surface area (Å²) in [7, 11) is -4.47. The molecule has 0 bridgehead atoms. The fraction of sp³-hybridized carbons (Fsp3) is 0.727. The zero-order valence-corrected chi connectivity index (χ0v) is 22.5. The average molecular weight is 453 g/mol. The van der Waals surface area contributed by atoms with E-state index in [0.717, 1.165) is 19.3 Å². The van der Waals surface area contributed by atoms with Gasteiger partial charge in [-0.15, -0.1) is 0 Å². The van der Waals surface area contributed by atoms with Crippen LogP contribution in [0.2, 0.25) is 0 Å². The third-order valence-electron chi connectivity index (χ3n) is 4.69. The number of para-hydroxylation sites is 1. The van der Waals surface area contributed by atoms with Crippen molar-refractivity contribution in [3.05, 3.63) is 30.3 Å². The molecule has 1 rings (SSSR count). The smallest absolute Gasteiger partial charge is 0.744 e. The average Bonchev–Trinajstić information content (AvgIpc) is 2.68. The predicted octanol–water partition coefficient (Wildman–Crippen LogP) is 3.97. The zero-order chi connectivity index (χ0) is 20.3. The summed E-state index contributed by atoms with van der Waals surface area (Å²) in [5, 5.41) is 0. The van der Waals surface area contributed by atoms with Crippen LogP contribution < -0.4 is 60.8 Å². The summed E-state index contributed by atoms with van der Waals surface area (Å²) in [5.41, 5.74) is 0. The van der Waals surface area contributed by atoms with Crippen LogP contribution in [0.3, 0.4) is 0 Å². The summed E-state index contributed by atoms with van der Waals surface area (Å²) in [6.45, 7) is 2.51. The topological polar surface area (TPSA) is 67.8 Å². The quantitative estimate of drug-likeness (QED) is 0.104. The fourth-order valence-electron chi connectivity index (χ4n) is 3.08. The van der Waals surface area contributed by atoms with Crippen LogP contribution in [0.1, 0.15) is 96.8 Å². The van der Waals surface area contributed by atoms with Gasteiger partial charge in [-0.1, -0.05) is 109 Å². The van der Waals surface area contributed by atoms with Gasteiger partial charge in [-0.25, -0.2) is 4.89 Å². The minimum absolute atomic E-state index is 0. The first-order valence-electron chi connectivity index (χ1n) is 11.0. The molecule has 0 fully saturated rings. The molecule has 5 nitrogen and oxygen atoms in total. The van der Waals surface area contributed by atoms with Crippen LogP contribution in [0.4, 0.5) is 0 Å². The maximum Gasteiger partial charge on any atom is 1.00 e. The molecule has 0 spiro atoms. The molecule has 0 aromatic heterocycles. The van der Waals surface area contributed by atoms with Crippen molar-refractivity contribution in [3.63, 3.8) is 0 Å². The van der Waals surface area contributed by atoms with Crippen molar-refractivity contribution in [2.75, 3.05) is 6.61 Å². The maximum absolute atomic E-state index is 11.6. The Morgan fingerprint density at radius 1 is 0.759 bits per heavy atom. The molecule has 1 aromatic rings. The van der Waals surface area contributed by atoms with Crippen LogP contribution in [0, 0.1) is 0 Å². The van der Waals surface area contributed by atoms with E-state index in [4.69, 9.17) is 9.41 Å². The minimum atomic E-state index is -4.47. The van der Waals surface area contributed by atoms with Crippen molar-refractivity contribution >= 4 is 7.82 Å². The molecule has 0 N–H and O–H groups in total. The molecule has 0 aliphatic heterocycles. The Balaban J connectivity index is 0.00000784. The number of phosphoric acid groups is 1. The Bertz CT molecular complexity index is 515. The molecule has 0 aliphatic rings. The van der Waals surface area contributed by atoms with Gasteiger partial charge in [0.15, 0.2) is 0 Å². The first-order chi connectivity index (χ1) is 13.6. The Kier molecular flexibility index (Phi) is 21.2. The number of hydrogen-bond donors (Lipinski definition) is 0. The molecule has 7 heteroatoms. The molecular formula is C22H38KO5P. The van der Waals surface area contributed by atoms with E-state index < -0.39 is 7.82 Å². The van der Waals surface area contributed by atoms with Gasteiger partial charge in [0.25, 0.3) is 0 Å². The van der Waals surface area contributed by atoms with Gasteiger partial charge in [-0.3, -0.25) is 4.57 Å². The molecule has 0 aliphatic carbocycles. The van der Waals surface area contributed by atoms with Crippen molar-refractivity contribution in [1.82, 2.24) is 0 Å². The van der Waals surface area contributed by atoms with Crippen molar-refractivity contribution in [3.8, 4) is 5.75 Å². The first kappa shape index (κ1) is 29.8. The summed E-state index contributed by atoms with van der Waals surface area (Å²) < 4.78 is 20.8. The summed E-state index contributed by atoms with van der Waals surface area (Å²) in [6.07, 6.45) is 17.8. The SMILES string of the molecule is CCCCCCCCCCCCCCCCOOP(=O)([O-])Oc1ccccc1.[K+]. The number of benzene rings is 1. The predicted molar refractivity (Wildman–Crippen MR) is 112 cm³/mol. The zero-order valence-electron chi connectivity index (χ0n) is 18.5. The van der Waals surface area contributed by atoms with E-state index in [1.165, 1.54) is 70.6 Å². The number of phosphoric ester groups is 1. The van der Waals surface area contributed by atoms with E-state index in [0.29, 0.717) is 0 Å². The number of rotatable bonds is 19. The van der Waals surface area contributed by atoms with Gasteiger partial charge in [0, 0.05) is 0 Å². The molecule has 0 heterocycles. The van der Waals surface area contributed by atoms with Gasteiger partial charge in [0.05, 0.1) is 6.61 Å². The molecule has 0 saturated carbocycles. The van der Waals surface area contributed by atoms with Crippen LogP contribution in [-0.4, -0.2) is 6.61 Å². The van der Waals surface area contributed by atoms with Crippen molar-refractivity contribution in [2.45, 2.75) is 96.8 Å². The minimum Gasteiger partial charge on any atom is -0.744 e. The summed E-state index contributed by atoms with van der Waals surface area (Å²) >= 11 is 0.